The average Bonchev–Trinajstić information content (AvgIpc) is 3.27. The molecule has 3 aromatic carbocycles. The largest absolute Gasteiger partial charge is 0.493 e. The number of ketones is 1. The van der Waals surface area contributed by atoms with E-state index in [1.165, 1.54) is 17.3 Å². The molecule has 0 aliphatic carbocycles. The maximum atomic E-state index is 12.9. The summed E-state index contributed by atoms with van der Waals surface area (Å²) in [5.41, 5.74) is 3.63. The standard InChI is InChI=1S/C25H23N3O3S/c1-17-9-11-18(12-10-17)24-26-27-25(28(24)20-7-5-4-6-8-20)32-16-21(29)19-13-14-22(30-2)23(15-19)31-3/h4-15H,16H2,1-3H3. The van der Waals surface area contributed by atoms with Crippen LogP contribution in [0.25, 0.3) is 17.1 Å². The number of rotatable bonds is 8. The molecule has 0 radical (unpaired) electrons. The molecule has 0 saturated carbocycles. The fourth-order valence-electron chi connectivity index (χ4n) is 3.29. The molecule has 0 bridgehead atoms. The van der Waals surface area contributed by atoms with E-state index in [1.807, 2.05) is 66.1 Å². The van der Waals surface area contributed by atoms with Crippen LogP contribution in [0.2, 0.25) is 0 Å². The Kier molecular flexibility index (Phi) is 6.56. The molecule has 0 saturated heterocycles. The number of carbonyl (C=O) groups is 1. The first-order valence-electron chi connectivity index (χ1n) is 10.1. The number of thioether (sulfide) groups is 1. The Hall–Kier alpha value is -3.58. The van der Waals surface area contributed by atoms with Crippen molar-refractivity contribution in [3.63, 3.8) is 0 Å². The van der Waals surface area contributed by atoms with Crippen LogP contribution < -0.4 is 9.47 Å². The molecule has 4 aromatic rings. The van der Waals surface area contributed by atoms with Crippen molar-refractivity contribution >= 4 is 17.5 Å². The van der Waals surface area contributed by atoms with Gasteiger partial charge in [-0.15, -0.1) is 10.2 Å². The summed E-state index contributed by atoms with van der Waals surface area (Å²) < 4.78 is 12.6. The van der Waals surface area contributed by atoms with Crippen molar-refractivity contribution in [1.82, 2.24) is 14.8 Å². The normalized spacial score (nSPS) is 10.7. The lowest BCUT2D eigenvalue weighted by atomic mass is 10.1. The number of Topliss-reactive ketones (excluding diaryl/α,β-unsaturated/α-hetero) is 1. The number of nitrogens with zero attached hydrogens (tertiary/aromatic N) is 3. The third-order valence-corrected chi connectivity index (χ3v) is 5.92. The van der Waals surface area contributed by atoms with E-state index in [0.717, 1.165) is 17.1 Å². The molecule has 0 fully saturated rings. The van der Waals surface area contributed by atoms with E-state index in [0.29, 0.717) is 22.2 Å². The lowest BCUT2D eigenvalue weighted by Gasteiger charge is -2.11. The van der Waals surface area contributed by atoms with Crippen LogP contribution in [-0.4, -0.2) is 40.5 Å². The monoisotopic (exact) mass is 445 g/mol. The van der Waals surface area contributed by atoms with E-state index < -0.39 is 0 Å². The predicted molar refractivity (Wildman–Crippen MR) is 126 cm³/mol. The summed E-state index contributed by atoms with van der Waals surface area (Å²) in [5, 5.41) is 9.49. The molecule has 6 nitrogen and oxygen atoms in total. The molecule has 0 atom stereocenters. The van der Waals surface area contributed by atoms with E-state index in [-0.39, 0.29) is 11.5 Å². The number of hydrogen-bond donors (Lipinski definition) is 0. The Balaban J connectivity index is 1.63. The van der Waals surface area contributed by atoms with Gasteiger partial charge in [-0.3, -0.25) is 9.36 Å². The van der Waals surface area contributed by atoms with Crippen LogP contribution in [0.1, 0.15) is 15.9 Å². The first kappa shape index (κ1) is 21.6. The molecular formula is C25H23N3O3S. The molecule has 32 heavy (non-hydrogen) atoms. The van der Waals surface area contributed by atoms with Gasteiger partial charge in [0.15, 0.2) is 28.3 Å². The van der Waals surface area contributed by atoms with Gasteiger partial charge in [0, 0.05) is 16.8 Å². The summed E-state index contributed by atoms with van der Waals surface area (Å²) in [6.45, 7) is 2.05. The van der Waals surface area contributed by atoms with Crippen LogP contribution in [0.3, 0.4) is 0 Å². The second kappa shape index (κ2) is 9.70. The number of hydrogen-bond acceptors (Lipinski definition) is 6. The fourth-order valence-corrected chi connectivity index (χ4v) is 4.13. The van der Waals surface area contributed by atoms with Gasteiger partial charge in [-0.05, 0) is 37.3 Å². The highest BCUT2D eigenvalue weighted by Gasteiger charge is 2.18. The van der Waals surface area contributed by atoms with Crippen LogP contribution in [0.5, 0.6) is 11.5 Å². The van der Waals surface area contributed by atoms with Gasteiger partial charge in [-0.2, -0.15) is 0 Å². The highest BCUT2D eigenvalue weighted by Crippen LogP contribution is 2.30. The van der Waals surface area contributed by atoms with Gasteiger partial charge < -0.3 is 9.47 Å². The maximum Gasteiger partial charge on any atom is 0.196 e. The minimum Gasteiger partial charge on any atom is -0.493 e. The maximum absolute atomic E-state index is 12.9. The summed E-state index contributed by atoms with van der Waals surface area (Å²) >= 11 is 1.35. The van der Waals surface area contributed by atoms with Gasteiger partial charge in [0.25, 0.3) is 0 Å². The third-order valence-electron chi connectivity index (χ3n) is 5.00. The molecule has 162 valence electrons. The number of para-hydroxylation sites is 1. The minimum atomic E-state index is -0.0320. The number of benzene rings is 3. The first-order valence-corrected chi connectivity index (χ1v) is 11.0. The predicted octanol–water partition coefficient (Wildman–Crippen LogP) is 5.23. The molecule has 4 rings (SSSR count). The van der Waals surface area contributed by atoms with E-state index in [9.17, 15) is 4.79 Å². The Morgan fingerprint density at radius 1 is 0.906 bits per heavy atom. The highest BCUT2D eigenvalue weighted by molar-refractivity contribution is 7.99. The Morgan fingerprint density at radius 2 is 1.62 bits per heavy atom. The van der Waals surface area contributed by atoms with Crippen molar-refractivity contribution < 1.29 is 14.3 Å². The van der Waals surface area contributed by atoms with E-state index in [4.69, 9.17) is 9.47 Å². The fraction of sp³-hybridized carbons (Fsp3) is 0.160. The van der Waals surface area contributed by atoms with Crippen molar-refractivity contribution in [2.45, 2.75) is 12.1 Å². The van der Waals surface area contributed by atoms with Gasteiger partial charge in [-0.25, -0.2) is 0 Å². The molecule has 0 aliphatic heterocycles. The Morgan fingerprint density at radius 3 is 2.31 bits per heavy atom. The summed E-state index contributed by atoms with van der Waals surface area (Å²) in [5.74, 6) is 2.03. The lowest BCUT2D eigenvalue weighted by Crippen LogP contribution is -2.05. The number of methoxy groups -OCH3 is 2. The zero-order valence-corrected chi connectivity index (χ0v) is 18.9. The third kappa shape index (κ3) is 4.53. The van der Waals surface area contributed by atoms with Crippen LogP contribution >= 0.6 is 11.8 Å². The lowest BCUT2D eigenvalue weighted by molar-refractivity contribution is 0.102. The second-order valence-electron chi connectivity index (χ2n) is 7.12. The summed E-state index contributed by atoms with van der Waals surface area (Å²) in [6, 6.07) is 23.2. The van der Waals surface area contributed by atoms with Crippen LogP contribution in [0, 0.1) is 6.92 Å². The molecule has 1 aromatic heterocycles. The van der Waals surface area contributed by atoms with E-state index in [2.05, 4.69) is 10.2 Å². The van der Waals surface area contributed by atoms with Crippen LogP contribution in [0.4, 0.5) is 0 Å². The highest BCUT2D eigenvalue weighted by atomic mass is 32.2. The molecular weight excluding hydrogens is 422 g/mol. The molecule has 0 unspecified atom stereocenters. The second-order valence-corrected chi connectivity index (χ2v) is 8.07. The Labute approximate surface area is 191 Å². The van der Waals surface area contributed by atoms with Crippen molar-refractivity contribution in [3.05, 3.63) is 83.9 Å². The number of ether oxygens (including phenoxy) is 2. The van der Waals surface area contributed by atoms with Crippen LogP contribution in [0.15, 0.2) is 78.0 Å². The zero-order valence-electron chi connectivity index (χ0n) is 18.1. The molecule has 0 aliphatic rings. The quantitative estimate of drug-likeness (QED) is 0.273. The zero-order chi connectivity index (χ0) is 22.5. The van der Waals surface area contributed by atoms with Crippen molar-refractivity contribution in [1.29, 1.82) is 0 Å². The minimum absolute atomic E-state index is 0.0320. The first-order chi connectivity index (χ1) is 15.6. The average molecular weight is 446 g/mol. The van der Waals surface area contributed by atoms with Crippen LogP contribution in [-0.2, 0) is 0 Å². The number of carbonyl (C=O) groups excluding carboxylic acids is 1. The smallest absolute Gasteiger partial charge is 0.196 e. The van der Waals surface area contributed by atoms with Gasteiger partial charge in [-0.1, -0.05) is 59.8 Å². The van der Waals surface area contributed by atoms with Crippen molar-refractivity contribution in [2.24, 2.45) is 0 Å². The molecule has 0 amide bonds. The van der Waals surface area contributed by atoms with Gasteiger partial charge in [0.05, 0.1) is 20.0 Å². The summed E-state index contributed by atoms with van der Waals surface area (Å²) in [7, 11) is 3.12. The van der Waals surface area contributed by atoms with E-state index >= 15 is 0 Å². The molecule has 7 heteroatoms. The van der Waals surface area contributed by atoms with E-state index in [1.54, 1.807) is 32.4 Å². The van der Waals surface area contributed by atoms with Gasteiger partial charge >= 0.3 is 0 Å². The van der Waals surface area contributed by atoms with Gasteiger partial charge in [0.2, 0.25) is 0 Å². The molecule has 1 heterocycles. The number of aryl methyl sites for hydroxylation is 1. The molecule has 0 N–H and O–H groups in total. The SMILES string of the molecule is COc1ccc(C(=O)CSc2nnc(-c3ccc(C)cc3)n2-c2ccccc2)cc1OC. The summed E-state index contributed by atoms with van der Waals surface area (Å²) in [6.07, 6.45) is 0. The summed E-state index contributed by atoms with van der Waals surface area (Å²) in [4.78, 5) is 12.9. The Bertz CT molecular complexity index is 1220. The van der Waals surface area contributed by atoms with Crippen molar-refractivity contribution in [2.75, 3.05) is 20.0 Å². The van der Waals surface area contributed by atoms with Gasteiger partial charge in [0.1, 0.15) is 0 Å². The number of aromatic nitrogens is 3. The molecule has 0 spiro atoms. The topological polar surface area (TPSA) is 66.2 Å². The van der Waals surface area contributed by atoms with Crippen molar-refractivity contribution in [3.8, 4) is 28.6 Å².